The lowest BCUT2D eigenvalue weighted by Gasteiger charge is -2.24. The van der Waals surface area contributed by atoms with E-state index in [1.165, 1.54) is 0 Å². The van der Waals surface area contributed by atoms with Crippen LogP contribution in [0.25, 0.3) is 10.8 Å². The average molecular weight is 353 g/mol. The van der Waals surface area contributed by atoms with Crippen LogP contribution in [-0.2, 0) is 11.3 Å². The average Bonchev–Trinajstić information content (AvgIpc) is 3.06. The number of H-pyrrole nitrogens is 1. The number of ether oxygens (including phenoxy) is 1. The largest absolute Gasteiger partial charge is 0.374 e. The van der Waals surface area contributed by atoms with Gasteiger partial charge in [0.05, 0.1) is 18.0 Å². The molecule has 8 nitrogen and oxygen atoms in total. The minimum atomic E-state index is -0.298. The fourth-order valence-corrected chi connectivity index (χ4v) is 3.23. The van der Waals surface area contributed by atoms with Crippen molar-refractivity contribution in [2.75, 3.05) is 19.7 Å². The summed E-state index contributed by atoms with van der Waals surface area (Å²) in [4.78, 5) is 26.8. The number of amides is 1. The molecule has 3 heterocycles. The van der Waals surface area contributed by atoms with Crippen molar-refractivity contribution < 1.29 is 9.53 Å². The lowest BCUT2D eigenvalue weighted by molar-refractivity contribution is 0.0366. The molecule has 1 aliphatic heterocycles. The van der Waals surface area contributed by atoms with E-state index < -0.39 is 0 Å². The van der Waals surface area contributed by atoms with Crippen molar-refractivity contribution in [3.8, 4) is 0 Å². The first kappa shape index (κ1) is 16.5. The Labute approximate surface area is 149 Å². The summed E-state index contributed by atoms with van der Waals surface area (Å²) < 4.78 is 7.66. The Morgan fingerprint density at radius 3 is 2.92 bits per heavy atom. The highest BCUT2D eigenvalue weighted by atomic mass is 16.5. The summed E-state index contributed by atoms with van der Waals surface area (Å²) in [6.07, 6.45) is 4.20. The van der Waals surface area contributed by atoms with Gasteiger partial charge in [0, 0.05) is 37.5 Å². The van der Waals surface area contributed by atoms with Gasteiger partial charge in [0.1, 0.15) is 0 Å². The molecule has 0 radical (unpaired) electrons. The predicted molar refractivity (Wildman–Crippen MR) is 94.9 cm³/mol. The first-order valence-corrected chi connectivity index (χ1v) is 8.58. The van der Waals surface area contributed by atoms with Crippen LogP contribution in [0.3, 0.4) is 0 Å². The monoisotopic (exact) mass is 353 g/mol. The van der Waals surface area contributed by atoms with Crippen LogP contribution in [0.15, 0.2) is 47.5 Å². The maximum absolute atomic E-state index is 13.1. The summed E-state index contributed by atoms with van der Waals surface area (Å²) in [5.41, 5.74) is -0.0344. The summed E-state index contributed by atoms with van der Waals surface area (Å²) >= 11 is 0. The summed E-state index contributed by atoms with van der Waals surface area (Å²) in [6, 6.07) is 8.87. The molecule has 134 valence electrons. The van der Waals surface area contributed by atoms with Gasteiger partial charge in [-0.25, -0.2) is 5.10 Å². The molecule has 1 saturated heterocycles. The molecule has 0 bridgehead atoms. The molecule has 0 saturated carbocycles. The molecule has 1 atom stereocenters. The minimum Gasteiger partial charge on any atom is -0.374 e. The molecular weight excluding hydrogens is 334 g/mol. The number of hydrogen-bond acceptors (Lipinski definition) is 5. The Morgan fingerprint density at radius 2 is 2.12 bits per heavy atom. The minimum absolute atomic E-state index is 0.143. The van der Waals surface area contributed by atoms with Gasteiger partial charge in [-0.2, -0.15) is 10.2 Å². The van der Waals surface area contributed by atoms with Crippen LogP contribution < -0.4 is 5.56 Å². The zero-order chi connectivity index (χ0) is 17.9. The van der Waals surface area contributed by atoms with Crippen molar-refractivity contribution in [3.05, 3.63) is 58.8 Å². The molecule has 1 amide bonds. The lowest BCUT2D eigenvalue weighted by atomic mass is 10.1. The Kier molecular flexibility index (Phi) is 4.49. The number of aromatic nitrogens is 4. The van der Waals surface area contributed by atoms with Crippen LogP contribution >= 0.6 is 0 Å². The Bertz CT molecular complexity index is 966. The van der Waals surface area contributed by atoms with Gasteiger partial charge < -0.3 is 9.64 Å². The highest BCUT2D eigenvalue weighted by molar-refractivity contribution is 6.04. The number of carbonyl (C=O) groups is 1. The van der Waals surface area contributed by atoms with Gasteiger partial charge in [-0.1, -0.05) is 18.2 Å². The molecule has 3 aromatic rings. The summed E-state index contributed by atoms with van der Waals surface area (Å²) in [7, 11) is 0. The van der Waals surface area contributed by atoms with Crippen LogP contribution in [0.1, 0.15) is 16.9 Å². The molecule has 0 aliphatic carbocycles. The van der Waals surface area contributed by atoms with Crippen molar-refractivity contribution in [2.45, 2.75) is 19.1 Å². The molecule has 4 rings (SSSR count). The van der Waals surface area contributed by atoms with Crippen LogP contribution in [0, 0.1) is 0 Å². The van der Waals surface area contributed by atoms with E-state index in [-0.39, 0.29) is 23.3 Å². The Hall–Kier alpha value is -3.00. The van der Waals surface area contributed by atoms with Gasteiger partial charge in [-0.05, 0) is 18.6 Å². The predicted octanol–water partition coefficient (Wildman–Crippen LogP) is 1.05. The van der Waals surface area contributed by atoms with E-state index in [0.717, 1.165) is 6.42 Å². The summed E-state index contributed by atoms with van der Waals surface area (Å²) in [5, 5.41) is 11.7. The second-order valence-corrected chi connectivity index (χ2v) is 6.27. The third-order valence-corrected chi connectivity index (χ3v) is 4.49. The number of benzene rings is 1. The highest BCUT2D eigenvalue weighted by Crippen LogP contribution is 2.17. The van der Waals surface area contributed by atoms with E-state index in [4.69, 9.17) is 4.74 Å². The number of carbonyl (C=O) groups excluding carboxylic acids is 1. The SMILES string of the molecule is O=C(c1n[nH]c(=O)c2ccccc12)N1CCCO[C@H](Cn2cccn2)C1. The molecule has 8 heteroatoms. The lowest BCUT2D eigenvalue weighted by Crippen LogP contribution is -2.39. The highest BCUT2D eigenvalue weighted by Gasteiger charge is 2.26. The van der Waals surface area contributed by atoms with E-state index >= 15 is 0 Å². The first-order valence-electron chi connectivity index (χ1n) is 8.58. The molecule has 1 N–H and O–H groups in total. The van der Waals surface area contributed by atoms with Crippen LogP contribution in [-0.4, -0.2) is 56.6 Å². The first-order chi connectivity index (χ1) is 12.7. The zero-order valence-corrected chi connectivity index (χ0v) is 14.2. The standard InChI is InChI=1S/C18H19N5O3/c24-17-15-6-2-1-5-14(15)16(20-21-17)18(25)22-8-4-10-26-13(11-22)12-23-9-3-7-19-23/h1-3,5-7,9,13H,4,8,10-12H2,(H,21,24)/t13-/m0/s1. The van der Waals surface area contributed by atoms with Crippen LogP contribution in [0.2, 0.25) is 0 Å². The van der Waals surface area contributed by atoms with Gasteiger partial charge in [0.2, 0.25) is 0 Å². The van der Waals surface area contributed by atoms with Crippen molar-refractivity contribution >= 4 is 16.7 Å². The Balaban J connectivity index is 1.61. The summed E-state index contributed by atoms with van der Waals surface area (Å²) in [6.45, 7) is 2.21. The van der Waals surface area contributed by atoms with Gasteiger partial charge in [0.15, 0.2) is 5.69 Å². The number of fused-ring (bicyclic) bond motifs is 1. The number of nitrogens with one attached hydrogen (secondary N) is 1. The number of hydrogen-bond donors (Lipinski definition) is 1. The van der Waals surface area contributed by atoms with Gasteiger partial charge >= 0.3 is 0 Å². The van der Waals surface area contributed by atoms with E-state index in [1.54, 1.807) is 40.0 Å². The van der Waals surface area contributed by atoms with E-state index in [9.17, 15) is 9.59 Å². The molecule has 26 heavy (non-hydrogen) atoms. The normalized spacial score (nSPS) is 18.0. The second kappa shape index (κ2) is 7.09. The fraction of sp³-hybridized carbons (Fsp3) is 0.333. The van der Waals surface area contributed by atoms with E-state index in [0.29, 0.717) is 37.0 Å². The number of nitrogens with zero attached hydrogens (tertiary/aromatic N) is 4. The van der Waals surface area contributed by atoms with Crippen molar-refractivity contribution in [3.63, 3.8) is 0 Å². The van der Waals surface area contributed by atoms with E-state index in [1.807, 2.05) is 12.3 Å². The maximum atomic E-state index is 13.1. The number of aromatic amines is 1. The topological polar surface area (TPSA) is 93.1 Å². The fourth-order valence-electron chi connectivity index (χ4n) is 3.23. The van der Waals surface area contributed by atoms with Crippen molar-refractivity contribution in [2.24, 2.45) is 0 Å². The van der Waals surface area contributed by atoms with Crippen molar-refractivity contribution in [1.82, 2.24) is 24.9 Å². The van der Waals surface area contributed by atoms with Crippen LogP contribution in [0.4, 0.5) is 0 Å². The third kappa shape index (κ3) is 3.23. The molecule has 1 fully saturated rings. The molecule has 1 aliphatic rings. The smallest absolute Gasteiger partial charge is 0.275 e. The number of rotatable bonds is 3. The van der Waals surface area contributed by atoms with Crippen molar-refractivity contribution in [1.29, 1.82) is 0 Å². The maximum Gasteiger partial charge on any atom is 0.275 e. The van der Waals surface area contributed by atoms with Gasteiger partial charge in [-0.3, -0.25) is 14.3 Å². The molecule has 2 aromatic heterocycles. The summed E-state index contributed by atoms with van der Waals surface area (Å²) in [5.74, 6) is -0.201. The third-order valence-electron chi connectivity index (χ3n) is 4.49. The Morgan fingerprint density at radius 1 is 1.27 bits per heavy atom. The molecule has 0 unspecified atom stereocenters. The van der Waals surface area contributed by atoms with Gasteiger partial charge in [0.25, 0.3) is 11.5 Å². The molecule has 1 aromatic carbocycles. The van der Waals surface area contributed by atoms with Gasteiger partial charge in [-0.15, -0.1) is 0 Å². The second-order valence-electron chi connectivity index (χ2n) is 6.27. The molecule has 0 spiro atoms. The quantitative estimate of drug-likeness (QED) is 0.760. The molecular formula is C18H19N5O3. The zero-order valence-electron chi connectivity index (χ0n) is 14.2. The van der Waals surface area contributed by atoms with E-state index in [2.05, 4.69) is 15.3 Å². The van der Waals surface area contributed by atoms with Crippen LogP contribution in [0.5, 0.6) is 0 Å².